The Kier molecular flexibility index (Phi) is 5.24. The number of aromatic nitrogens is 2. The molecule has 0 radical (unpaired) electrons. The van der Waals surface area contributed by atoms with E-state index < -0.39 is 11.5 Å². The molecule has 0 amide bonds. The molecular formula is C9H9Cl3N2O3. The van der Waals surface area contributed by atoms with Gasteiger partial charge in [0.15, 0.2) is 10.3 Å². The van der Waals surface area contributed by atoms with Crippen LogP contribution in [0.2, 0.25) is 10.3 Å². The Labute approximate surface area is 112 Å². The highest BCUT2D eigenvalue weighted by Crippen LogP contribution is 2.15. The first-order valence-electron chi connectivity index (χ1n) is 4.58. The van der Waals surface area contributed by atoms with E-state index in [1.165, 1.54) is 7.11 Å². The number of hydrogen-bond acceptors (Lipinski definition) is 4. The lowest BCUT2D eigenvalue weighted by Gasteiger charge is -2.12. The van der Waals surface area contributed by atoms with Crippen LogP contribution in [0, 0.1) is 0 Å². The van der Waals surface area contributed by atoms with Gasteiger partial charge in [0.1, 0.15) is 6.54 Å². The maximum absolute atomic E-state index is 11.7. The van der Waals surface area contributed by atoms with Gasteiger partial charge in [-0.25, -0.2) is 4.98 Å². The van der Waals surface area contributed by atoms with Gasteiger partial charge in [-0.3, -0.25) is 14.2 Å². The Morgan fingerprint density at radius 2 is 2.06 bits per heavy atom. The first-order chi connectivity index (χ1) is 8.01. The summed E-state index contributed by atoms with van der Waals surface area (Å²) in [4.78, 5) is 26.6. The molecule has 0 fully saturated rings. The zero-order chi connectivity index (χ0) is 13.0. The number of methoxy groups -OCH3 is 1. The predicted octanol–water partition coefficient (Wildman–Crippen LogP) is 1.50. The monoisotopic (exact) mass is 298 g/mol. The molecule has 0 N–H and O–H groups in total. The summed E-state index contributed by atoms with van der Waals surface area (Å²) in [6.07, 6.45) is 0.302. The van der Waals surface area contributed by atoms with Crippen LogP contribution in [0.15, 0.2) is 4.79 Å². The van der Waals surface area contributed by atoms with Crippen molar-refractivity contribution in [1.29, 1.82) is 0 Å². The molecule has 0 saturated carbocycles. The van der Waals surface area contributed by atoms with Crippen LogP contribution < -0.4 is 5.56 Å². The van der Waals surface area contributed by atoms with Gasteiger partial charge in [-0.1, -0.05) is 23.2 Å². The van der Waals surface area contributed by atoms with E-state index in [9.17, 15) is 9.59 Å². The molecule has 1 rings (SSSR count). The number of alkyl halides is 1. The third-order valence-electron chi connectivity index (χ3n) is 2.03. The lowest BCUT2D eigenvalue weighted by Crippen LogP contribution is -2.29. The van der Waals surface area contributed by atoms with Gasteiger partial charge in [-0.05, 0) is 0 Å². The largest absolute Gasteiger partial charge is 0.468 e. The van der Waals surface area contributed by atoms with Crippen molar-refractivity contribution in [2.24, 2.45) is 0 Å². The van der Waals surface area contributed by atoms with Crippen LogP contribution in [-0.4, -0.2) is 28.5 Å². The highest BCUT2D eigenvalue weighted by molar-refractivity contribution is 6.32. The van der Waals surface area contributed by atoms with Crippen LogP contribution in [0.25, 0.3) is 0 Å². The summed E-state index contributed by atoms with van der Waals surface area (Å²) >= 11 is 17.0. The quantitative estimate of drug-likeness (QED) is 0.624. The van der Waals surface area contributed by atoms with Crippen molar-refractivity contribution in [3.63, 3.8) is 0 Å². The van der Waals surface area contributed by atoms with Crippen LogP contribution in [0.3, 0.4) is 0 Å². The lowest BCUT2D eigenvalue weighted by atomic mass is 10.3. The Hall–Kier alpha value is -0.780. The highest BCUT2D eigenvalue weighted by Gasteiger charge is 2.16. The molecule has 0 atom stereocenters. The van der Waals surface area contributed by atoms with Crippen LogP contribution >= 0.6 is 34.8 Å². The molecule has 17 heavy (non-hydrogen) atoms. The standard InChI is InChI=1S/C9H9Cl3N2O3/c1-17-6(15)4-14-5(2-3-10)7(11)13-8(12)9(14)16/h2-4H2,1H3. The third-order valence-corrected chi connectivity index (χ3v) is 2.77. The van der Waals surface area contributed by atoms with Crippen LogP contribution in [-0.2, 0) is 22.5 Å². The Morgan fingerprint density at radius 1 is 1.41 bits per heavy atom. The van der Waals surface area contributed by atoms with Gasteiger partial charge in [0.05, 0.1) is 12.8 Å². The molecule has 94 valence electrons. The second kappa shape index (κ2) is 6.23. The molecule has 0 unspecified atom stereocenters. The maximum Gasteiger partial charge on any atom is 0.325 e. The van der Waals surface area contributed by atoms with Crippen molar-refractivity contribution >= 4 is 40.8 Å². The average molecular weight is 300 g/mol. The molecular weight excluding hydrogens is 290 g/mol. The van der Waals surface area contributed by atoms with E-state index in [0.29, 0.717) is 12.1 Å². The molecule has 0 spiro atoms. The van der Waals surface area contributed by atoms with Gasteiger partial charge in [0, 0.05) is 12.3 Å². The molecule has 0 saturated heterocycles. The van der Waals surface area contributed by atoms with E-state index in [0.717, 1.165) is 4.57 Å². The Bertz CT molecular complexity index is 487. The van der Waals surface area contributed by atoms with Crippen molar-refractivity contribution in [1.82, 2.24) is 9.55 Å². The summed E-state index contributed by atoms with van der Waals surface area (Å²) < 4.78 is 5.60. The van der Waals surface area contributed by atoms with E-state index in [2.05, 4.69) is 9.72 Å². The van der Waals surface area contributed by atoms with Gasteiger partial charge in [-0.2, -0.15) is 0 Å². The van der Waals surface area contributed by atoms with Crippen molar-refractivity contribution in [2.45, 2.75) is 13.0 Å². The van der Waals surface area contributed by atoms with Gasteiger partial charge >= 0.3 is 5.97 Å². The van der Waals surface area contributed by atoms with E-state index in [4.69, 9.17) is 34.8 Å². The number of nitrogens with zero attached hydrogens (tertiary/aromatic N) is 2. The second-order valence-corrected chi connectivity index (χ2v) is 4.14. The number of carbonyl (C=O) groups excluding carboxylic acids is 1. The average Bonchev–Trinajstić information content (AvgIpc) is 2.30. The zero-order valence-electron chi connectivity index (χ0n) is 8.87. The summed E-state index contributed by atoms with van der Waals surface area (Å²) in [6.45, 7) is -0.274. The molecule has 1 aromatic rings. The smallest absolute Gasteiger partial charge is 0.325 e. The zero-order valence-corrected chi connectivity index (χ0v) is 11.1. The summed E-state index contributed by atoms with van der Waals surface area (Å²) in [7, 11) is 1.22. The number of rotatable bonds is 4. The molecule has 5 nitrogen and oxygen atoms in total. The summed E-state index contributed by atoms with van der Waals surface area (Å²) in [5.41, 5.74) is -0.233. The van der Waals surface area contributed by atoms with Crippen molar-refractivity contribution < 1.29 is 9.53 Å². The second-order valence-electron chi connectivity index (χ2n) is 3.05. The van der Waals surface area contributed by atoms with Crippen molar-refractivity contribution in [2.75, 3.05) is 13.0 Å². The molecule has 1 aromatic heterocycles. The third kappa shape index (κ3) is 3.34. The van der Waals surface area contributed by atoms with E-state index in [1.54, 1.807) is 0 Å². The first-order valence-corrected chi connectivity index (χ1v) is 5.87. The molecule has 1 heterocycles. The van der Waals surface area contributed by atoms with E-state index >= 15 is 0 Å². The fraction of sp³-hybridized carbons (Fsp3) is 0.444. The highest BCUT2D eigenvalue weighted by atomic mass is 35.5. The van der Waals surface area contributed by atoms with Crippen LogP contribution in [0.4, 0.5) is 0 Å². The number of carbonyl (C=O) groups is 1. The molecule has 0 aromatic carbocycles. The molecule has 0 aliphatic carbocycles. The molecule has 0 bridgehead atoms. The normalized spacial score (nSPS) is 10.4. The molecule has 0 aliphatic rings. The lowest BCUT2D eigenvalue weighted by molar-refractivity contribution is -0.141. The van der Waals surface area contributed by atoms with Gasteiger partial charge in [0.2, 0.25) is 0 Å². The van der Waals surface area contributed by atoms with Crippen LogP contribution in [0.5, 0.6) is 0 Å². The number of ether oxygens (including phenoxy) is 1. The van der Waals surface area contributed by atoms with E-state index in [1.807, 2.05) is 0 Å². The predicted molar refractivity (Wildman–Crippen MR) is 65.0 cm³/mol. The SMILES string of the molecule is COC(=O)Cn1c(CCCl)c(Cl)nc(Cl)c1=O. The summed E-state index contributed by atoms with van der Waals surface area (Å²) in [5.74, 6) is -0.342. The Balaban J connectivity index is 3.31. The number of halogens is 3. The number of hydrogen-bond donors (Lipinski definition) is 0. The van der Waals surface area contributed by atoms with Crippen molar-refractivity contribution in [3.05, 3.63) is 26.4 Å². The molecule has 8 heteroatoms. The van der Waals surface area contributed by atoms with Gasteiger partial charge in [-0.15, -0.1) is 11.6 Å². The Morgan fingerprint density at radius 3 is 2.59 bits per heavy atom. The van der Waals surface area contributed by atoms with Gasteiger partial charge < -0.3 is 4.74 Å². The van der Waals surface area contributed by atoms with Gasteiger partial charge in [0.25, 0.3) is 5.56 Å². The fourth-order valence-corrected chi connectivity index (χ4v) is 1.92. The first kappa shape index (κ1) is 14.3. The minimum Gasteiger partial charge on any atom is -0.468 e. The van der Waals surface area contributed by atoms with Crippen LogP contribution in [0.1, 0.15) is 5.69 Å². The maximum atomic E-state index is 11.7. The van der Waals surface area contributed by atoms with E-state index in [-0.39, 0.29) is 22.7 Å². The molecule has 0 aliphatic heterocycles. The minimum absolute atomic E-state index is 0.0548. The fourth-order valence-electron chi connectivity index (χ4n) is 1.23. The summed E-state index contributed by atoms with van der Waals surface area (Å²) in [6, 6.07) is 0. The topological polar surface area (TPSA) is 61.2 Å². The summed E-state index contributed by atoms with van der Waals surface area (Å²) in [5, 5.41) is -0.239. The minimum atomic E-state index is -0.596. The number of esters is 1. The van der Waals surface area contributed by atoms with Crippen molar-refractivity contribution in [3.8, 4) is 0 Å².